The summed E-state index contributed by atoms with van der Waals surface area (Å²) in [6, 6.07) is -0.148. The van der Waals surface area contributed by atoms with Crippen LogP contribution in [0.3, 0.4) is 0 Å². The van der Waals surface area contributed by atoms with Gasteiger partial charge in [-0.3, -0.25) is 9.05 Å². The Hall–Kier alpha value is -0.480. The third-order valence-corrected chi connectivity index (χ3v) is 11.7. The predicted octanol–water partition coefficient (Wildman–Crippen LogP) is 6.50. The molecule has 0 saturated heterocycles. The number of hydroxylamine groups is 2. The lowest BCUT2D eigenvalue weighted by Gasteiger charge is -2.38. The third kappa shape index (κ3) is 7.25. The van der Waals surface area contributed by atoms with Crippen LogP contribution in [0.25, 0.3) is 0 Å². The van der Waals surface area contributed by atoms with Crippen molar-refractivity contribution in [2.45, 2.75) is 130 Å². The van der Waals surface area contributed by atoms with Crippen LogP contribution in [0.1, 0.15) is 94.9 Å². The highest BCUT2D eigenvalue weighted by atomic mass is 31.2. The highest BCUT2D eigenvalue weighted by molar-refractivity contribution is 7.72. The van der Waals surface area contributed by atoms with E-state index in [-0.39, 0.29) is 36.9 Å². The Kier molecular flexibility index (Phi) is 10.7. The number of nitrogens with zero attached hydrogens (tertiary/aromatic N) is 2. The maximum absolute atomic E-state index is 12.7. The molecule has 0 spiro atoms. The van der Waals surface area contributed by atoms with Crippen molar-refractivity contribution >= 4 is 27.2 Å². The monoisotopic (exact) mass is 478 g/mol. The molecule has 9 heteroatoms. The van der Waals surface area contributed by atoms with Crippen LogP contribution >= 0.6 is 15.5 Å². The van der Waals surface area contributed by atoms with E-state index in [4.69, 9.17) is 9.05 Å². The van der Waals surface area contributed by atoms with Crippen LogP contribution in [0.15, 0.2) is 0 Å². The molecular weight excluding hydrogens is 434 g/mol. The fourth-order valence-electron chi connectivity index (χ4n) is 4.49. The molecule has 0 aliphatic carbocycles. The van der Waals surface area contributed by atoms with Gasteiger partial charge in [0.15, 0.2) is 17.5 Å². The van der Waals surface area contributed by atoms with Crippen LogP contribution in [0.2, 0.25) is 0 Å². The molecule has 0 bridgehead atoms. The van der Waals surface area contributed by atoms with Gasteiger partial charge in [0.1, 0.15) is 0 Å². The molecule has 2 rings (SSSR count). The van der Waals surface area contributed by atoms with Crippen LogP contribution in [0.5, 0.6) is 0 Å². The van der Waals surface area contributed by atoms with Crippen molar-refractivity contribution in [3.63, 3.8) is 0 Å². The van der Waals surface area contributed by atoms with Gasteiger partial charge in [0, 0.05) is 32.6 Å². The first-order valence-corrected chi connectivity index (χ1v) is 14.6. The van der Waals surface area contributed by atoms with Crippen LogP contribution in [0.4, 0.5) is 0 Å². The van der Waals surface area contributed by atoms with Crippen molar-refractivity contribution in [1.82, 2.24) is 0 Å². The van der Waals surface area contributed by atoms with E-state index in [9.17, 15) is 15.0 Å². The molecular formula is C22H44N2O5P2. The Labute approximate surface area is 190 Å². The van der Waals surface area contributed by atoms with Crippen LogP contribution < -0.4 is 0 Å². The van der Waals surface area contributed by atoms with Crippen LogP contribution in [-0.4, -0.2) is 56.0 Å². The van der Waals surface area contributed by atoms with Crippen molar-refractivity contribution in [3.8, 4) is 0 Å². The number of hydrogen-bond acceptors (Lipinski definition) is 5. The summed E-state index contributed by atoms with van der Waals surface area (Å²) in [5, 5.41) is 23.6. The van der Waals surface area contributed by atoms with E-state index in [2.05, 4.69) is 34.6 Å². The molecule has 182 valence electrons. The highest BCUT2D eigenvalue weighted by Crippen LogP contribution is 2.60. The van der Waals surface area contributed by atoms with Crippen molar-refractivity contribution in [2.75, 3.05) is 0 Å². The Bertz CT molecular complexity index is 684. The summed E-state index contributed by atoms with van der Waals surface area (Å²) in [7, 11) is -3.66. The standard InChI is InChI=1S/C11H22NO4P.C11H22NOP/c1-8(2)15-17(14,16-9(3)4)11-7-6-10(5)12(11)13;1-9(2)14(10(3)4)11(5)7-6-8-12(11)13/h8-10H,6-7H2,1-5H3;8-10H,6-7H2,1-5H3. The van der Waals surface area contributed by atoms with Gasteiger partial charge in [-0.15, -0.1) is 0 Å². The largest absolute Gasteiger partial charge is 0.623 e. The van der Waals surface area contributed by atoms with Crippen LogP contribution in [-0.2, 0) is 13.6 Å². The molecule has 2 atom stereocenters. The normalized spacial score (nSPS) is 24.6. The molecule has 2 unspecified atom stereocenters. The van der Waals surface area contributed by atoms with Crippen molar-refractivity contribution < 1.29 is 23.1 Å². The van der Waals surface area contributed by atoms with Gasteiger partial charge in [-0.2, -0.15) is 4.74 Å². The molecule has 2 aliphatic heterocycles. The zero-order valence-corrected chi connectivity index (χ0v) is 22.9. The van der Waals surface area contributed by atoms with Gasteiger partial charge in [0.2, 0.25) is 0 Å². The molecule has 2 heterocycles. The van der Waals surface area contributed by atoms with Gasteiger partial charge < -0.3 is 10.4 Å². The van der Waals surface area contributed by atoms with E-state index >= 15 is 0 Å². The summed E-state index contributed by atoms with van der Waals surface area (Å²) < 4.78 is 25.5. The SMILES string of the molecule is CC(C)OP(=O)(OC(C)C)C1=[N+]([O-])C(C)CC1.CC(C)P(C(C)C)C1(C)CCC=[N+]1[O-]. The molecule has 2 aliphatic rings. The third-order valence-electron chi connectivity index (χ3n) is 5.51. The fraction of sp³-hybridized carbons (Fsp3) is 0.909. The molecule has 0 aromatic heterocycles. The number of hydrogen-bond donors (Lipinski definition) is 0. The Balaban J connectivity index is 0.000000316. The molecule has 0 saturated carbocycles. The van der Waals surface area contributed by atoms with Gasteiger partial charge in [-0.25, -0.2) is 9.30 Å². The summed E-state index contributed by atoms with van der Waals surface area (Å²) >= 11 is 0. The lowest BCUT2D eigenvalue weighted by molar-refractivity contribution is -0.502. The van der Waals surface area contributed by atoms with Gasteiger partial charge in [0.05, 0.1) is 12.2 Å². The van der Waals surface area contributed by atoms with Crippen LogP contribution in [0, 0.1) is 10.4 Å². The van der Waals surface area contributed by atoms with E-state index in [0.717, 1.165) is 17.6 Å². The Morgan fingerprint density at radius 1 is 1.06 bits per heavy atom. The second-order valence-corrected chi connectivity index (χ2v) is 15.6. The zero-order chi connectivity index (χ0) is 24.1. The Morgan fingerprint density at radius 3 is 1.84 bits per heavy atom. The van der Waals surface area contributed by atoms with E-state index in [1.165, 1.54) is 4.74 Å². The molecule has 0 amide bonds. The summed E-state index contributed by atoms with van der Waals surface area (Å²) in [4.78, 5) is 0. The van der Waals surface area contributed by atoms with E-state index in [1.807, 2.05) is 13.1 Å². The molecule has 0 radical (unpaired) electrons. The molecule has 0 fully saturated rings. The smallest absolute Gasteiger partial charge is 0.421 e. The minimum absolute atomic E-state index is 0.0995. The van der Waals surface area contributed by atoms with Crippen molar-refractivity contribution in [2.24, 2.45) is 0 Å². The second-order valence-electron chi connectivity index (χ2n) is 9.79. The lowest BCUT2D eigenvalue weighted by atomic mass is 10.2. The average Bonchev–Trinajstić information content (AvgIpc) is 3.09. The molecule has 0 aromatic rings. The molecule has 7 nitrogen and oxygen atoms in total. The van der Waals surface area contributed by atoms with Gasteiger partial charge in [-0.05, 0) is 53.9 Å². The van der Waals surface area contributed by atoms with Crippen molar-refractivity contribution in [3.05, 3.63) is 10.4 Å². The summed E-state index contributed by atoms with van der Waals surface area (Å²) in [6.07, 6.45) is 4.53. The highest BCUT2D eigenvalue weighted by Gasteiger charge is 2.47. The quantitative estimate of drug-likeness (QED) is 0.226. The first-order valence-electron chi connectivity index (χ1n) is 11.5. The topological polar surface area (TPSA) is 87.7 Å². The first kappa shape index (κ1) is 28.6. The number of rotatable bonds is 8. The lowest BCUT2D eigenvalue weighted by Crippen LogP contribution is -2.35. The average molecular weight is 479 g/mol. The molecule has 0 N–H and O–H groups in total. The molecule has 0 aromatic carbocycles. The summed E-state index contributed by atoms with van der Waals surface area (Å²) in [5.74, 6) is 0. The minimum atomic E-state index is -3.44. The maximum Gasteiger partial charge on any atom is 0.421 e. The van der Waals surface area contributed by atoms with E-state index < -0.39 is 7.60 Å². The second kappa shape index (κ2) is 11.6. The van der Waals surface area contributed by atoms with E-state index in [0.29, 0.717) is 24.2 Å². The first-order chi connectivity index (χ1) is 14.2. The summed E-state index contributed by atoms with van der Waals surface area (Å²) in [6.45, 7) is 20.1. The molecule has 31 heavy (non-hydrogen) atoms. The zero-order valence-electron chi connectivity index (χ0n) is 21.1. The van der Waals surface area contributed by atoms with Gasteiger partial charge in [0.25, 0.3) is 5.45 Å². The van der Waals surface area contributed by atoms with Gasteiger partial charge in [-0.1, -0.05) is 27.7 Å². The summed E-state index contributed by atoms with van der Waals surface area (Å²) in [5.41, 5.74) is 1.54. The fourth-order valence-corrected chi connectivity index (χ4v) is 10.9. The predicted molar refractivity (Wildman–Crippen MR) is 132 cm³/mol. The van der Waals surface area contributed by atoms with E-state index in [1.54, 1.807) is 27.7 Å². The van der Waals surface area contributed by atoms with Crippen molar-refractivity contribution in [1.29, 1.82) is 0 Å². The Morgan fingerprint density at radius 2 is 1.55 bits per heavy atom. The van der Waals surface area contributed by atoms with Gasteiger partial charge >= 0.3 is 7.60 Å². The minimum Gasteiger partial charge on any atom is -0.623 e. The maximum atomic E-state index is 12.7.